The Balaban J connectivity index is 1.64. The second-order valence-electron chi connectivity index (χ2n) is 5.31. The van der Waals surface area contributed by atoms with Crippen LogP contribution in [-0.2, 0) is 0 Å². The van der Waals surface area contributed by atoms with Gasteiger partial charge in [0.15, 0.2) is 0 Å². The van der Waals surface area contributed by atoms with Gasteiger partial charge in [0.2, 0.25) is 0 Å². The van der Waals surface area contributed by atoms with Crippen LogP contribution in [0.2, 0.25) is 0 Å². The number of nitrogens with zero attached hydrogens (tertiary/aromatic N) is 3. The summed E-state index contributed by atoms with van der Waals surface area (Å²) < 4.78 is 0.791. The summed E-state index contributed by atoms with van der Waals surface area (Å²) in [5.41, 5.74) is 1.23. The van der Waals surface area contributed by atoms with Gasteiger partial charge in [-0.25, -0.2) is 0 Å². The number of aromatic nitrogens is 1. The third-order valence-electron chi connectivity index (χ3n) is 3.87. The predicted octanol–water partition coefficient (Wildman–Crippen LogP) is 2.44. The Bertz CT molecular complexity index is 713. The number of benzene rings is 1. The average Bonchev–Trinajstić information content (AvgIpc) is 2.62. The standard InChI is InChI=1S/C17H16BrN3O2/c18-15-6-2-1-5-14(15)17(23)21-10-8-20(9-11-21)16(22)13-4-3-7-19-12-13/h1-7,12H,8-11H2. The Labute approximate surface area is 143 Å². The highest BCUT2D eigenvalue weighted by atomic mass is 79.9. The first-order valence-corrected chi connectivity index (χ1v) is 8.19. The van der Waals surface area contributed by atoms with Gasteiger partial charge < -0.3 is 9.80 Å². The third kappa shape index (κ3) is 3.42. The van der Waals surface area contributed by atoms with Gasteiger partial charge in [-0.3, -0.25) is 14.6 Å². The van der Waals surface area contributed by atoms with E-state index in [9.17, 15) is 9.59 Å². The lowest BCUT2D eigenvalue weighted by atomic mass is 10.1. The maximum absolute atomic E-state index is 12.5. The number of rotatable bonds is 2. The van der Waals surface area contributed by atoms with Gasteiger partial charge in [-0.2, -0.15) is 0 Å². The van der Waals surface area contributed by atoms with Gasteiger partial charge in [-0.1, -0.05) is 12.1 Å². The van der Waals surface area contributed by atoms with E-state index in [1.54, 1.807) is 40.4 Å². The fourth-order valence-corrected chi connectivity index (χ4v) is 3.04. The Kier molecular flexibility index (Phi) is 4.71. The molecule has 1 aliphatic rings. The summed E-state index contributed by atoms with van der Waals surface area (Å²) >= 11 is 3.41. The summed E-state index contributed by atoms with van der Waals surface area (Å²) in [6.07, 6.45) is 3.21. The zero-order valence-electron chi connectivity index (χ0n) is 12.5. The normalized spacial score (nSPS) is 14.7. The maximum atomic E-state index is 12.5. The molecule has 0 aliphatic carbocycles. The molecule has 1 fully saturated rings. The van der Waals surface area contributed by atoms with Gasteiger partial charge in [-0.15, -0.1) is 0 Å². The third-order valence-corrected chi connectivity index (χ3v) is 4.56. The zero-order valence-corrected chi connectivity index (χ0v) is 14.1. The predicted molar refractivity (Wildman–Crippen MR) is 90.2 cm³/mol. The largest absolute Gasteiger partial charge is 0.335 e. The van der Waals surface area contributed by atoms with Crippen molar-refractivity contribution in [2.75, 3.05) is 26.2 Å². The molecule has 6 heteroatoms. The molecule has 0 N–H and O–H groups in total. The molecule has 0 atom stereocenters. The second-order valence-corrected chi connectivity index (χ2v) is 6.16. The molecule has 23 heavy (non-hydrogen) atoms. The number of amides is 2. The van der Waals surface area contributed by atoms with Crippen molar-refractivity contribution in [3.8, 4) is 0 Å². The number of carbonyl (C=O) groups excluding carboxylic acids is 2. The van der Waals surface area contributed by atoms with E-state index < -0.39 is 0 Å². The molecule has 1 aliphatic heterocycles. The molecule has 1 aromatic heterocycles. The smallest absolute Gasteiger partial charge is 0.255 e. The van der Waals surface area contributed by atoms with E-state index in [1.165, 1.54) is 0 Å². The van der Waals surface area contributed by atoms with E-state index in [-0.39, 0.29) is 11.8 Å². The zero-order chi connectivity index (χ0) is 16.2. The van der Waals surface area contributed by atoms with Gasteiger partial charge in [0.05, 0.1) is 11.1 Å². The molecule has 0 saturated carbocycles. The fraction of sp³-hybridized carbons (Fsp3) is 0.235. The van der Waals surface area contributed by atoms with E-state index in [0.29, 0.717) is 37.3 Å². The minimum Gasteiger partial charge on any atom is -0.335 e. The molecule has 0 unspecified atom stereocenters. The van der Waals surface area contributed by atoms with Gasteiger partial charge in [0, 0.05) is 43.0 Å². The van der Waals surface area contributed by atoms with Crippen LogP contribution in [0.25, 0.3) is 0 Å². The quantitative estimate of drug-likeness (QED) is 0.812. The van der Waals surface area contributed by atoms with Crippen LogP contribution in [0.1, 0.15) is 20.7 Å². The van der Waals surface area contributed by atoms with Crippen molar-refractivity contribution in [2.24, 2.45) is 0 Å². The van der Waals surface area contributed by atoms with Gasteiger partial charge in [0.1, 0.15) is 0 Å². The average molecular weight is 374 g/mol. The van der Waals surface area contributed by atoms with Crippen molar-refractivity contribution < 1.29 is 9.59 Å². The number of hydrogen-bond donors (Lipinski definition) is 0. The van der Waals surface area contributed by atoms with E-state index in [1.807, 2.05) is 18.2 Å². The van der Waals surface area contributed by atoms with Crippen molar-refractivity contribution in [1.29, 1.82) is 0 Å². The summed E-state index contributed by atoms with van der Waals surface area (Å²) in [5.74, 6) is -0.0444. The van der Waals surface area contributed by atoms with E-state index in [4.69, 9.17) is 0 Å². The number of hydrogen-bond acceptors (Lipinski definition) is 3. The van der Waals surface area contributed by atoms with Crippen molar-refractivity contribution in [2.45, 2.75) is 0 Å². The summed E-state index contributed by atoms with van der Waals surface area (Å²) in [6, 6.07) is 10.9. The van der Waals surface area contributed by atoms with Gasteiger partial charge in [0.25, 0.3) is 11.8 Å². The highest BCUT2D eigenvalue weighted by Crippen LogP contribution is 2.19. The lowest BCUT2D eigenvalue weighted by Gasteiger charge is -2.35. The Morgan fingerprint density at radius 3 is 2.17 bits per heavy atom. The molecule has 2 aromatic rings. The molecule has 118 valence electrons. The molecule has 0 bridgehead atoms. The summed E-state index contributed by atoms with van der Waals surface area (Å²) in [4.78, 5) is 32.5. The number of piperazine rings is 1. The Morgan fingerprint density at radius 2 is 1.57 bits per heavy atom. The first kappa shape index (κ1) is 15.7. The van der Waals surface area contributed by atoms with E-state index in [0.717, 1.165) is 4.47 Å². The van der Waals surface area contributed by atoms with Crippen LogP contribution < -0.4 is 0 Å². The lowest BCUT2D eigenvalue weighted by Crippen LogP contribution is -2.50. The molecular formula is C17H16BrN3O2. The highest BCUT2D eigenvalue weighted by Gasteiger charge is 2.26. The fourth-order valence-electron chi connectivity index (χ4n) is 2.59. The molecule has 2 amide bonds. The monoisotopic (exact) mass is 373 g/mol. The molecular weight excluding hydrogens is 358 g/mol. The van der Waals surface area contributed by atoms with Crippen molar-refractivity contribution in [3.63, 3.8) is 0 Å². The summed E-state index contributed by atoms with van der Waals surface area (Å²) in [6.45, 7) is 2.13. The highest BCUT2D eigenvalue weighted by molar-refractivity contribution is 9.10. The minimum atomic E-state index is -0.0360. The maximum Gasteiger partial charge on any atom is 0.255 e. The summed E-state index contributed by atoms with van der Waals surface area (Å²) in [5, 5.41) is 0. The second kappa shape index (κ2) is 6.91. The topological polar surface area (TPSA) is 53.5 Å². The van der Waals surface area contributed by atoms with Crippen LogP contribution in [0.3, 0.4) is 0 Å². The van der Waals surface area contributed by atoms with Gasteiger partial charge >= 0.3 is 0 Å². The molecule has 5 nitrogen and oxygen atoms in total. The SMILES string of the molecule is O=C(c1cccnc1)N1CCN(C(=O)c2ccccc2Br)CC1. The van der Waals surface area contributed by atoms with E-state index in [2.05, 4.69) is 20.9 Å². The first-order valence-electron chi connectivity index (χ1n) is 7.40. The van der Waals surface area contributed by atoms with Crippen molar-refractivity contribution in [3.05, 3.63) is 64.4 Å². The molecule has 2 heterocycles. The van der Waals surface area contributed by atoms with Crippen LogP contribution in [0.15, 0.2) is 53.3 Å². The van der Waals surface area contributed by atoms with Crippen LogP contribution in [0.5, 0.6) is 0 Å². The minimum absolute atomic E-state index is 0.00838. The van der Waals surface area contributed by atoms with E-state index >= 15 is 0 Å². The van der Waals surface area contributed by atoms with Gasteiger partial charge in [-0.05, 0) is 40.2 Å². The van der Waals surface area contributed by atoms with Crippen LogP contribution in [0, 0.1) is 0 Å². The van der Waals surface area contributed by atoms with Crippen LogP contribution in [0.4, 0.5) is 0 Å². The summed E-state index contributed by atoms with van der Waals surface area (Å²) in [7, 11) is 0. The number of halogens is 1. The number of carbonyl (C=O) groups is 2. The Hall–Kier alpha value is -2.21. The molecule has 0 radical (unpaired) electrons. The molecule has 1 saturated heterocycles. The van der Waals surface area contributed by atoms with Crippen molar-refractivity contribution >= 4 is 27.7 Å². The Morgan fingerprint density at radius 1 is 0.913 bits per heavy atom. The van der Waals surface area contributed by atoms with Crippen LogP contribution >= 0.6 is 15.9 Å². The first-order chi connectivity index (χ1) is 11.2. The molecule has 1 aromatic carbocycles. The molecule has 3 rings (SSSR count). The number of pyridine rings is 1. The lowest BCUT2D eigenvalue weighted by molar-refractivity contribution is 0.0534. The van der Waals surface area contributed by atoms with Crippen LogP contribution in [-0.4, -0.2) is 52.8 Å². The van der Waals surface area contributed by atoms with Crippen molar-refractivity contribution in [1.82, 2.24) is 14.8 Å². The molecule has 0 spiro atoms.